The van der Waals surface area contributed by atoms with Crippen molar-refractivity contribution in [1.82, 2.24) is 0 Å². The number of anilines is 2. The van der Waals surface area contributed by atoms with Crippen molar-refractivity contribution in [2.45, 2.75) is 26.4 Å². The van der Waals surface area contributed by atoms with Crippen LogP contribution in [0.3, 0.4) is 0 Å². The van der Waals surface area contributed by atoms with E-state index in [0.717, 1.165) is 5.75 Å². The highest BCUT2D eigenvalue weighted by Gasteiger charge is 2.35. The first-order valence-electron chi connectivity index (χ1n) is 8.56. The minimum absolute atomic E-state index is 0.0809. The summed E-state index contributed by atoms with van der Waals surface area (Å²) in [5, 5.41) is 2.83. The highest BCUT2D eigenvalue weighted by molar-refractivity contribution is 6.03. The van der Waals surface area contributed by atoms with Crippen molar-refractivity contribution in [3.05, 3.63) is 54.3 Å². The molecule has 0 spiro atoms. The van der Waals surface area contributed by atoms with E-state index in [2.05, 4.69) is 5.32 Å². The van der Waals surface area contributed by atoms with E-state index in [0.29, 0.717) is 11.4 Å². The van der Waals surface area contributed by atoms with Crippen LogP contribution in [0, 0.1) is 11.7 Å². The van der Waals surface area contributed by atoms with Gasteiger partial charge in [-0.25, -0.2) is 4.39 Å². The molecule has 1 N–H and O–H groups in total. The van der Waals surface area contributed by atoms with Crippen LogP contribution in [0.15, 0.2) is 48.5 Å². The minimum atomic E-state index is -0.445. The van der Waals surface area contributed by atoms with Gasteiger partial charge in [-0.3, -0.25) is 9.59 Å². The Labute approximate surface area is 151 Å². The maximum absolute atomic E-state index is 13.0. The Hall–Kier alpha value is -2.89. The fourth-order valence-electron chi connectivity index (χ4n) is 2.89. The number of hydrogen-bond acceptors (Lipinski definition) is 3. The quantitative estimate of drug-likeness (QED) is 0.890. The average Bonchev–Trinajstić information content (AvgIpc) is 2.99. The molecule has 1 aliphatic rings. The van der Waals surface area contributed by atoms with Crippen LogP contribution in [0.25, 0.3) is 0 Å². The highest BCUT2D eigenvalue weighted by Crippen LogP contribution is 2.26. The third-order valence-corrected chi connectivity index (χ3v) is 4.13. The molecule has 2 aromatic carbocycles. The SMILES string of the molecule is CC(C)Oc1ccc(NC(=O)[C@H]2CC(=O)N(c3ccc(F)cc3)C2)cc1. The van der Waals surface area contributed by atoms with Gasteiger partial charge in [0.2, 0.25) is 11.8 Å². The summed E-state index contributed by atoms with van der Waals surface area (Å²) in [7, 11) is 0. The van der Waals surface area contributed by atoms with Gasteiger partial charge in [0.1, 0.15) is 11.6 Å². The van der Waals surface area contributed by atoms with Crippen molar-refractivity contribution >= 4 is 23.2 Å². The maximum atomic E-state index is 13.0. The van der Waals surface area contributed by atoms with Gasteiger partial charge >= 0.3 is 0 Å². The molecule has 1 heterocycles. The summed E-state index contributed by atoms with van der Waals surface area (Å²) in [4.78, 5) is 26.2. The molecule has 1 atom stereocenters. The van der Waals surface area contributed by atoms with Crippen LogP contribution in [0.4, 0.5) is 15.8 Å². The molecule has 0 unspecified atom stereocenters. The lowest BCUT2D eigenvalue weighted by Gasteiger charge is -2.16. The Kier molecular flexibility index (Phi) is 5.21. The second kappa shape index (κ2) is 7.56. The Morgan fingerprint density at radius 2 is 1.81 bits per heavy atom. The number of carbonyl (C=O) groups excluding carboxylic acids is 2. The van der Waals surface area contributed by atoms with E-state index >= 15 is 0 Å². The molecule has 1 saturated heterocycles. The van der Waals surface area contributed by atoms with E-state index < -0.39 is 5.92 Å². The van der Waals surface area contributed by atoms with E-state index in [1.54, 1.807) is 36.4 Å². The number of amides is 2. The third-order valence-electron chi connectivity index (χ3n) is 4.13. The molecule has 0 saturated carbocycles. The van der Waals surface area contributed by atoms with Crippen LogP contribution in [-0.4, -0.2) is 24.5 Å². The Morgan fingerprint density at radius 3 is 2.42 bits per heavy atom. The third kappa shape index (κ3) is 4.20. The largest absolute Gasteiger partial charge is 0.491 e. The first-order chi connectivity index (χ1) is 12.4. The van der Waals surface area contributed by atoms with Gasteiger partial charge in [0, 0.05) is 24.3 Å². The molecule has 0 radical (unpaired) electrons. The summed E-state index contributed by atoms with van der Waals surface area (Å²) in [5.74, 6) is -0.423. The van der Waals surface area contributed by atoms with Gasteiger partial charge < -0.3 is 15.0 Å². The summed E-state index contributed by atoms with van der Waals surface area (Å²) in [5.41, 5.74) is 1.25. The van der Waals surface area contributed by atoms with Crippen LogP contribution < -0.4 is 15.0 Å². The van der Waals surface area contributed by atoms with Gasteiger partial charge in [0.15, 0.2) is 0 Å². The van der Waals surface area contributed by atoms with E-state index in [1.807, 2.05) is 13.8 Å². The van der Waals surface area contributed by atoms with Gasteiger partial charge in [-0.15, -0.1) is 0 Å². The van der Waals surface area contributed by atoms with Crippen LogP contribution in [0.1, 0.15) is 20.3 Å². The number of nitrogens with zero attached hydrogens (tertiary/aromatic N) is 1. The van der Waals surface area contributed by atoms with Gasteiger partial charge in [-0.1, -0.05) is 0 Å². The maximum Gasteiger partial charge on any atom is 0.229 e. The minimum Gasteiger partial charge on any atom is -0.491 e. The summed E-state index contributed by atoms with van der Waals surface area (Å²) in [6.45, 7) is 4.17. The molecule has 1 aliphatic heterocycles. The Balaban J connectivity index is 1.62. The number of halogens is 1. The lowest BCUT2D eigenvalue weighted by atomic mass is 10.1. The lowest BCUT2D eigenvalue weighted by Crippen LogP contribution is -2.28. The second-order valence-electron chi connectivity index (χ2n) is 6.56. The first-order valence-corrected chi connectivity index (χ1v) is 8.56. The van der Waals surface area contributed by atoms with Gasteiger partial charge in [-0.05, 0) is 62.4 Å². The summed E-state index contributed by atoms with van der Waals surface area (Å²) in [6.07, 6.45) is 0.218. The first kappa shape index (κ1) is 17.9. The molecule has 0 bridgehead atoms. The zero-order valence-electron chi connectivity index (χ0n) is 14.7. The van der Waals surface area contributed by atoms with Crippen LogP contribution >= 0.6 is 0 Å². The number of ether oxygens (including phenoxy) is 1. The summed E-state index contributed by atoms with van der Waals surface area (Å²) >= 11 is 0. The van der Waals surface area contributed by atoms with Crippen molar-refractivity contribution in [3.63, 3.8) is 0 Å². The fraction of sp³-hybridized carbons (Fsp3) is 0.300. The molecule has 136 valence electrons. The van der Waals surface area contributed by atoms with Crippen molar-refractivity contribution in [2.75, 3.05) is 16.8 Å². The fourth-order valence-corrected chi connectivity index (χ4v) is 2.89. The van der Waals surface area contributed by atoms with Crippen molar-refractivity contribution in [1.29, 1.82) is 0 Å². The predicted molar refractivity (Wildman–Crippen MR) is 97.7 cm³/mol. The molecule has 1 fully saturated rings. The van der Waals surface area contributed by atoms with Crippen molar-refractivity contribution in [3.8, 4) is 5.75 Å². The molecule has 5 nitrogen and oxygen atoms in total. The van der Waals surface area contributed by atoms with Crippen LogP contribution in [-0.2, 0) is 9.59 Å². The Morgan fingerprint density at radius 1 is 1.15 bits per heavy atom. The summed E-state index contributed by atoms with van der Waals surface area (Å²) < 4.78 is 18.6. The number of rotatable bonds is 5. The number of hydrogen-bond donors (Lipinski definition) is 1. The van der Waals surface area contributed by atoms with Crippen molar-refractivity contribution < 1.29 is 18.7 Å². The molecule has 26 heavy (non-hydrogen) atoms. The van der Waals surface area contributed by atoms with Gasteiger partial charge in [0.05, 0.1) is 12.0 Å². The molecule has 0 aliphatic carbocycles. The van der Waals surface area contributed by atoms with E-state index in [9.17, 15) is 14.0 Å². The normalized spacial score (nSPS) is 16.8. The van der Waals surface area contributed by atoms with Crippen LogP contribution in [0.2, 0.25) is 0 Å². The second-order valence-corrected chi connectivity index (χ2v) is 6.56. The standard InChI is InChI=1S/C20H21FN2O3/c1-13(2)26-18-9-5-16(6-10-18)22-20(25)14-11-19(24)23(12-14)17-7-3-15(21)4-8-17/h3-10,13-14H,11-12H2,1-2H3,(H,22,25)/t14-/m0/s1. The molecule has 2 aromatic rings. The number of nitrogens with one attached hydrogen (secondary N) is 1. The predicted octanol–water partition coefficient (Wildman–Crippen LogP) is 3.60. The zero-order valence-corrected chi connectivity index (χ0v) is 14.7. The number of benzene rings is 2. The monoisotopic (exact) mass is 356 g/mol. The van der Waals surface area contributed by atoms with E-state index in [-0.39, 0.29) is 36.7 Å². The molecular formula is C20H21FN2O3. The van der Waals surface area contributed by atoms with E-state index in [4.69, 9.17) is 4.74 Å². The highest BCUT2D eigenvalue weighted by atomic mass is 19.1. The van der Waals surface area contributed by atoms with Gasteiger partial charge in [0.25, 0.3) is 0 Å². The van der Waals surface area contributed by atoms with Crippen molar-refractivity contribution in [2.24, 2.45) is 5.92 Å². The van der Waals surface area contributed by atoms with Gasteiger partial charge in [-0.2, -0.15) is 0 Å². The Bertz CT molecular complexity index is 788. The zero-order chi connectivity index (χ0) is 18.7. The van der Waals surface area contributed by atoms with E-state index in [1.165, 1.54) is 17.0 Å². The topological polar surface area (TPSA) is 58.6 Å². The molecule has 3 rings (SSSR count). The number of carbonyl (C=O) groups is 2. The molecular weight excluding hydrogens is 335 g/mol. The summed E-state index contributed by atoms with van der Waals surface area (Å²) in [6, 6.07) is 12.8. The average molecular weight is 356 g/mol. The molecule has 0 aromatic heterocycles. The molecule has 2 amide bonds. The molecule has 6 heteroatoms. The van der Waals surface area contributed by atoms with Crippen LogP contribution in [0.5, 0.6) is 5.75 Å². The smallest absolute Gasteiger partial charge is 0.229 e. The lowest BCUT2D eigenvalue weighted by molar-refractivity contribution is -0.122.